The van der Waals surface area contributed by atoms with Crippen molar-refractivity contribution in [1.29, 1.82) is 0 Å². The minimum Gasteiger partial charge on any atom is -0.467 e. The molecular formula is C19H22N4O. The fourth-order valence-corrected chi connectivity index (χ4v) is 2.64. The lowest BCUT2D eigenvalue weighted by atomic mass is 10.0. The highest BCUT2D eigenvalue weighted by molar-refractivity contribution is 5.66. The second kappa shape index (κ2) is 7.64. The van der Waals surface area contributed by atoms with Crippen LogP contribution in [0.2, 0.25) is 0 Å². The first kappa shape index (κ1) is 16.1. The summed E-state index contributed by atoms with van der Waals surface area (Å²) in [6, 6.07) is 12.1. The number of nitrogens with one attached hydrogen (secondary N) is 2. The van der Waals surface area contributed by atoms with Gasteiger partial charge in [-0.3, -0.25) is 0 Å². The summed E-state index contributed by atoms with van der Waals surface area (Å²) >= 11 is 0. The Morgan fingerprint density at radius 2 is 1.71 bits per heavy atom. The molecule has 0 aliphatic heterocycles. The zero-order chi connectivity index (χ0) is 16.8. The van der Waals surface area contributed by atoms with Crippen LogP contribution in [0.4, 0.5) is 17.3 Å². The third kappa shape index (κ3) is 3.74. The summed E-state index contributed by atoms with van der Waals surface area (Å²) in [6.07, 6.45) is 5.18. The molecule has 0 unspecified atom stereocenters. The highest BCUT2D eigenvalue weighted by Crippen LogP contribution is 2.26. The first-order chi connectivity index (χ1) is 11.8. The van der Waals surface area contributed by atoms with Crippen molar-refractivity contribution >= 4 is 17.3 Å². The standard InChI is InChI=1S/C19H22N4O/c1-3-14-7-5-8-15(4-2)19(14)23-18-11-17(21-13-22-18)20-12-16-9-6-10-24-16/h5-11,13H,3-4,12H2,1-2H3,(H2,20,21,22,23). The van der Waals surface area contributed by atoms with Crippen LogP contribution in [0.3, 0.4) is 0 Å². The van der Waals surface area contributed by atoms with Gasteiger partial charge in [-0.2, -0.15) is 0 Å². The molecule has 0 saturated heterocycles. The number of anilines is 3. The predicted octanol–water partition coefficient (Wildman–Crippen LogP) is 4.55. The van der Waals surface area contributed by atoms with Crippen molar-refractivity contribution in [1.82, 2.24) is 9.97 Å². The van der Waals surface area contributed by atoms with Crippen LogP contribution in [0, 0.1) is 0 Å². The predicted molar refractivity (Wildman–Crippen MR) is 96.5 cm³/mol. The molecule has 0 fully saturated rings. The number of benzene rings is 1. The summed E-state index contributed by atoms with van der Waals surface area (Å²) in [7, 11) is 0. The van der Waals surface area contributed by atoms with Crippen LogP contribution in [0.25, 0.3) is 0 Å². The number of rotatable bonds is 7. The minimum absolute atomic E-state index is 0.592. The molecule has 0 radical (unpaired) electrons. The van der Waals surface area contributed by atoms with E-state index in [2.05, 4.69) is 52.6 Å². The Kier molecular flexibility index (Phi) is 5.11. The number of aryl methyl sites for hydroxylation is 2. The molecule has 24 heavy (non-hydrogen) atoms. The van der Waals surface area contributed by atoms with Gasteiger partial charge in [0.2, 0.25) is 0 Å². The molecule has 0 bridgehead atoms. The van der Waals surface area contributed by atoms with E-state index >= 15 is 0 Å². The second-order valence-electron chi connectivity index (χ2n) is 5.50. The second-order valence-corrected chi connectivity index (χ2v) is 5.50. The molecule has 0 atom stereocenters. The molecule has 2 N–H and O–H groups in total. The van der Waals surface area contributed by atoms with Gasteiger partial charge in [0.15, 0.2) is 0 Å². The van der Waals surface area contributed by atoms with Crippen molar-refractivity contribution in [3.63, 3.8) is 0 Å². The third-order valence-corrected chi connectivity index (χ3v) is 3.94. The molecule has 5 heteroatoms. The highest BCUT2D eigenvalue weighted by atomic mass is 16.3. The van der Waals surface area contributed by atoms with Crippen LogP contribution < -0.4 is 10.6 Å². The van der Waals surface area contributed by atoms with Crippen LogP contribution in [0.5, 0.6) is 0 Å². The van der Waals surface area contributed by atoms with Gasteiger partial charge in [0.1, 0.15) is 23.7 Å². The summed E-state index contributed by atoms with van der Waals surface area (Å²) in [5.41, 5.74) is 3.73. The molecule has 3 aromatic rings. The summed E-state index contributed by atoms with van der Waals surface area (Å²) in [4.78, 5) is 8.61. The van der Waals surface area contributed by atoms with Gasteiger partial charge in [0, 0.05) is 11.8 Å². The number of hydrogen-bond acceptors (Lipinski definition) is 5. The van der Waals surface area contributed by atoms with Crippen LogP contribution in [-0.4, -0.2) is 9.97 Å². The van der Waals surface area contributed by atoms with Crippen molar-refractivity contribution in [2.75, 3.05) is 10.6 Å². The molecule has 1 aromatic carbocycles. The van der Waals surface area contributed by atoms with E-state index in [1.165, 1.54) is 11.1 Å². The van der Waals surface area contributed by atoms with Gasteiger partial charge in [-0.1, -0.05) is 32.0 Å². The Hall–Kier alpha value is -2.82. The van der Waals surface area contributed by atoms with Gasteiger partial charge in [-0.15, -0.1) is 0 Å². The Labute approximate surface area is 142 Å². The maximum atomic E-state index is 5.32. The van der Waals surface area contributed by atoms with Crippen LogP contribution >= 0.6 is 0 Å². The fourth-order valence-electron chi connectivity index (χ4n) is 2.64. The molecule has 124 valence electrons. The van der Waals surface area contributed by atoms with Crippen molar-refractivity contribution in [3.8, 4) is 0 Å². The molecule has 0 aliphatic carbocycles. The van der Waals surface area contributed by atoms with Gasteiger partial charge in [0.25, 0.3) is 0 Å². The minimum atomic E-state index is 0.592. The lowest BCUT2D eigenvalue weighted by Gasteiger charge is -2.15. The maximum Gasteiger partial charge on any atom is 0.135 e. The number of hydrogen-bond donors (Lipinski definition) is 2. The molecule has 2 aromatic heterocycles. The molecule has 5 nitrogen and oxygen atoms in total. The summed E-state index contributed by atoms with van der Waals surface area (Å²) in [5.74, 6) is 2.41. The molecule has 0 amide bonds. The zero-order valence-corrected chi connectivity index (χ0v) is 14.0. The fraction of sp³-hybridized carbons (Fsp3) is 0.263. The van der Waals surface area contributed by atoms with E-state index in [9.17, 15) is 0 Å². The molecule has 0 saturated carbocycles. The van der Waals surface area contributed by atoms with Gasteiger partial charge in [0.05, 0.1) is 12.8 Å². The van der Waals surface area contributed by atoms with Gasteiger partial charge < -0.3 is 15.1 Å². The smallest absolute Gasteiger partial charge is 0.135 e. The quantitative estimate of drug-likeness (QED) is 0.668. The molecule has 0 spiro atoms. The van der Waals surface area contributed by atoms with E-state index in [0.29, 0.717) is 6.54 Å². The summed E-state index contributed by atoms with van der Waals surface area (Å²) < 4.78 is 5.32. The van der Waals surface area contributed by atoms with Gasteiger partial charge in [-0.05, 0) is 36.1 Å². The Bertz CT molecular complexity index is 762. The largest absolute Gasteiger partial charge is 0.467 e. The molecule has 2 heterocycles. The van der Waals surface area contributed by atoms with Crippen molar-refractivity contribution in [2.45, 2.75) is 33.2 Å². The Morgan fingerprint density at radius 1 is 0.958 bits per heavy atom. The third-order valence-electron chi connectivity index (χ3n) is 3.94. The van der Waals surface area contributed by atoms with Crippen LogP contribution in [0.1, 0.15) is 30.7 Å². The Balaban J connectivity index is 1.77. The first-order valence-electron chi connectivity index (χ1n) is 8.26. The monoisotopic (exact) mass is 322 g/mol. The molecule has 0 aliphatic rings. The summed E-state index contributed by atoms with van der Waals surface area (Å²) in [6.45, 7) is 4.92. The number of nitrogens with zero attached hydrogens (tertiary/aromatic N) is 2. The highest BCUT2D eigenvalue weighted by Gasteiger charge is 2.08. The molecular weight excluding hydrogens is 300 g/mol. The first-order valence-corrected chi connectivity index (χ1v) is 8.26. The lowest BCUT2D eigenvalue weighted by Crippen LogP contribution is -2.04. The van der Waals surface area contributed by atoms with E-state index in [1.54, 1.807) is 12.6 Å². The van der Waals surface area contributed by atoms with Crippen molar-refractivity contribution < 1.29 is 4.42 Å². The number of aromatic nitrogens is 2. The van der Waals surface area contributed by atoms with E-state index in [1.807, 2.05) is 18.2 Å². The Morgan fingerprint density at radius 3 is 2.38 bits per heavy atom. The average molecular weight is 322 g/mol. The van der Waals surface area contributed by atoms with E-state index < -0.39 is 0 Å². The maximum absolute atomic E-state index is 5.32. The molecule has 3 rings (SSSR count). The number of furan rings is 1. The SMILES string of the molecule is CCc1cccc(CC)c1Nc1cc(NCc2ccco2)ncn1. The van der Waals surface area contributed by atoms with Gasteiger partial charge >= 0.3 is 0 Å². The van der Waals surface area contributed by atoms with Gasteiger partial charge in [-0.25, -0.2) is 9.97 Å². The van der Waals surface area contributed by atoms with Crippen LogP contribution in [-0.2, 0) is 19.4 Å². The lowest BCUT2D eigenvalue weighted by molar-refractivity contribution is 0.518. The van der Waals surface area contributed by atoms with Crippen molar-refractivity contribution in [2.24, 2.45) is 0 Å². The topological polar surface area (TPSA) is 63.0 Å². The van der Waals surface area contributed by atoms with Crippen molar-refractivity contribution in [3.05, 3.63) is 65.9 Å². The van der Waals surface area contributed by atoms with E-state index in [0.717, 1.165) is 35.9 Å². The average Bonchev–Trinajstić information content (AvgIpc) is 3.14. The van der Waals surface area contributed by atoms with E-state index in [4.69, 9.17) is 4.42 Å². The number of para-hydroxylation sites is 1. The van der Waals surface area contributed by atoms with E-state index in [-0.39, 0.29) is 0 Å². The zero-order valence-electron chi connectivity index (χ0n) is 14.0. The van der Waals surface area contributed by atoms with Crippen LogP contribution in [0.15, 0.2) is 53.4 Å². The normalized spacial score (nSPS) is 10.6. The summed E-state index contributed by atoms with van der Waals surface area (Å²) in [5, 5.41) is 6.71.